The van der Waals surface area contributed by atoms with E-state index in [9.17, 15) is 0 Å². The summed E-state index contributed by atoms with van der Waals surface area (Å²) in [7, 11) is 6.38. The Hall–Kier alpha value is -1.50. The Morgan fingerprint density at radius 1 is 0.714 bits per heavy atom. The van der Waals surface area contributed by atoms with Gasteiger partial charge in [0.1, 0.15) is 0 Å². The highest BCUT2D eigenvalue weighted by Gasteiger charge is 2.10. The number of aromatic nitrogens is 4. The quantitative estimate of drug-likeness (QED) is 0.440. The molecule has 0 saturated carbocycles. The maximum Gasteiger partial charge on any atom is 0.205 e. The minimum Gasteiger partial charge on any atom is -1.00 e. The van der Waals surface area contributed by atoms with Gasteiger partial charge in [0.2, 0.25) is 11.6 Å². The molecule has 9 heteroatoms. The summed E-state index contributed by atoms with van der Waals surface area (Å²) in [6.07, 6.45) is 0. The van der Waals surface area contributed by atoms with Gasteiger partial charge in [-0.1, -0.05) is 47.5 Å². The summed E-state index contributed by atoms with van der Waals surface area (Å²) in [5.74, 6) is 1.52. The van der Waals surface area contributed by atoms with Gasteiger partial charge in [-0.05, 0) is 24.3 Å². The third-order valence-electron chi connectivity index (χ3n) is 3.46. The summed E-state index contributed by atoms with van der Waals surface area (Å²) in [6, 6.07) is 14.5. The molecule has 0 aliphatic heterocycles. The van der Waals surface area contributed by atoms with Gasteiger partial charge in [0.25, 0.3) is 0 Å². The second-order valence-corrected chi connectivity index (χ2v) is 7.90. The molecule has 28 heavy (non-hydrogen) atoms. The van der Waals surface area contributed by atoms with E-state index in [0.717, 1.165) is 16.9 Å². The number of halogens is 4. The molecule has 0 unspecified atom stereocenters. The lowest BCUT2D eigenvalue weighted by molar-refractivity contribution is -0.867. The van der Waals surface area contributed by atoms with Crippen LogP contribution in [0.4, 0.5) is 0 Å². The average Bonchev–Trinajstić information content (AvgIpc) is 2.62. The predicted octanol–water partition coefficient (Wildman–Crippen LogP) is 1.84. The number of nitrogens with zero attached hydrogens (tertiary/aromatic N) is 5. The summed E-state index contributed by atoms with van der Waals surface area (Å²) in [5.41, 5.74) is 1.39. The zero-order valence-corrected chi connectivity index (χ0v) is 18.8. The zero-order chi connectivity index (χ0) is 19.9. The molecular formula is C19H21Cl4N5. The van der Waals surface area contributed by atoms with Crippen molar-refractivity contribution in [3.63, 3.8) is 0 Å². The monoisotopic (exact) mass is 459 g/mol. The summed E-state index contributed by atoms with van der Waals surface area (Å²) < 4.78 is 0.962. The van der Waals surface area contributed by atoms with E-state index in [1.54, 1.807) is 12.1 Å². The summed E-state index contributed by atoms with van der Waals surface area (Å²) in [4.78, 5) is 0. The third-order valence-corrected chi connectivity index (χ3v) is 4.29. The Bertz CT molecular complexity index is 802. The first-order chi connectivity index (χ1) is 12.8. The zero-order valence-electron chi connectivity index (χ0n) is 15.8. The van der Waals surface area contributed by atoms with Crippen LogP contribution in [0.3, 0.4) is 0 Å². The standard InChI is InChI=1S/C14H8Cl2N4.C5H13ClN.ClH/c15-11-7-3-1-5-9(11)13-17-19-14(20-18-13)10-6-2-4-8-12(10)16;1-7(2,3)5-4-6;/h1-8H;4-5H2,1-3H3;1H/q;+1;/p-1. The number of hydrogen-bond donors (Lipinski definition) is 0. The number of hydrogen-bond acceptors (Lipinski definition) is 4. The number of benzene rings is 2. The minimum absolute atomic E-state index is 0. The normalized spacial score (nSPS) is 10.5. The first-order valence-corrected chi connectivity index (χ1v) is 9.54. The molecule has 5 nitrogen and oxygen atoms in total. The fraction of sp³-hybridized carbons (Fsp3) is 0.263. The maximum absolute atomic E-state index is 6.08. The number of quaternary nitrogens is 1. The van der Waals surface area contributed by atoms with Gasteiger partial charge < -0.3 is 16.9 Å². The van der Waals surface area contributed by atoms with Crippen LogP contribution in [0.2, 0.25) is 10.0 Å². The van der Waals surface area contributed by atoms with Crippen LogP contribution in [-0.2, 0) is 0 Å². The summed E-state index contributed by atoms with van der Waals surface area (Å²) >= 11 is 17.6. The highest BCUT2D eigenvalue weighted by atomic mass is 35.5. The second-order valence-electron chi connectivity index (χ2n) is 6.71. The van der Waals surface area contributed by atoms with Gasteiger partial charge in [0, 0.05) is 11.1 Å². The number of alkyl halides is 1. The third kappa shape index (κ3) is 7.49. The molecule has 0 fully saturated rings. The maximum atomic E-state index is 6.08. The molecule has 0 spiro atoms. The molecule has 0 saturated heterocycles. The summed E-state index contributed by atoms with van der Waals surface area (Å²) in [6.45, 7) is 1.04. The predicted molar refractivity (Wildman–Crippen MR) is 112 cm³/mol. The van der Waals surface area contributed by atoms with E-state index in [4.69, 9.17) is 34.8 Å². The van der Waals surface area contributed by atoms with Crippen LogP contribution >= 0.6 is 34.8 Å². The van der Waals surface area contributed by atoms with Crippen LogP contribution in [0.25, 0.3) is 22.8 Å². The van der Waals surface area contributed by atoms with E-state index >= 15 is 0 Å². The molecule has 0 N–H and O–H groups in total. The van der Waals surface area contributed by atoms with Crippen molar-refractivity contribution in [2.24, 2.45) is 0 Å². The molecule has 3 rings (SSSR count). The van der Waals surface area contributed by atoms with Crippen molar-refractivity contribution in [1.29, 1.82) is 0 Å². The highest BCUT2D eigenvalue weighted by Crippen LogP contribution is 2.26. The lowest BCUT2D eigenvalue weighted by Gasteiger charge is -2.21. The smallest absolute Gasteiger partial charge is 0.205 e. The van der Waals surface area contributed by atoms with Crippen molar-refractivity contribution < 1.29 is 16.9 Å². The molecular weight excluding hydrogens is 440 g/mol. The van der Waals surface area contributed by atoms with E-state index in [1.807, 2.05) is 36.4 Å². The molecule has 3 aromatic rings. The highest BCUT2D eigenvalue weighted by molar-refractivity contribution is 6.33. The molecule has 150 valence electrons. The van der Waals surface area contributed by atoms with Crippen LogP contribution in [0.5, 0.6) is 0 Å². The van der Waals surface area contributed by atoms with Crippen molar-refractivity contribution in [3.8, 4) is 22.8 Å². The van der Waals surface area contributed by atoms with E-state index in [0.29, 0.717) is 32.8 Å². The average molecular weight is 461 g/mol. The molecule has 1 heterocycles. The minimum atomic E-state index is 0. The van der Waals surface area contributed by atoms with Crippen molar-refractivity contribution >= 4 is 34.8 Å². The summed E-state index contributed by atoms with van der Waals surface area (Å²) in [5, 5.41) is 17.4. The van der Waals surface area contributed by atoms with Crippen LogP contribution in [-0.4, -0.2) is 58.4 Å². The Morgan fingerprint density at radius 3 is 1.32 bits per heavy atom. The fourth-order valence-corrected chi connectivity index (χ4v) is 2.93. The van der Waals surface area contributed by atoms with Crippen molar-refractivity contribution in [2.45, 2.75) is 0 Å². The molecule has 0 atom stereocenters. The van der Waals surface area contributed by atoms with Crippen LogP contribution in [0, 0.1) is 0 Å². The first kappa shape index (κ1) is 24.5. The van der Waals surface area contributed by atoms with Gasteiger partial charge in [-0.25, -0.2) is 0 Å². The Kier molecular flexibility index (Phi) is 10.1. The Balaban J connectivity index is 0.000000425. The van der Waals surface area contributed by atoms with E-state index in [1.165, 1.54) is 0 Å². The van der Waals surface area contributed by atoms with Crippen LogP contribution in [0.1, 0.15) is 0 Å². The van der Waals surface area contributed by atoms with Crippen molar-refractivity contribution in [2.75, 3.05) is 33.6 Å². The lowest BCUT2D eigenvalue weighted by atomic mass is 10.2. The first-order valence-electron chi connectivity index (χ1n) is 8.25. The van der Waals surface area contributed by atoms with Crippen molar-refractivity contribution in [3.05, 3.63) is 58.6 Å². The fourth-order valence-electron chi connectivity index (χ4n) is 1.98. The van der Waals surface area contributed by atoms with Gasteiger partial charge in [-0.2, -0.15) is 0 Å². The Morgan fingerprint density at radius 2 is 1.07 bits per heavy atom. The van der Waals surface area contributed by atoms with E-state index in [-0.39, 0.29) is 12.4 Å². The Labute approximate surface area is 186 Å². The second kappa shape index (κ2) is 11.5. The van der Waals surface area contributed by atoms with Gasteiger partial charge >= 0.3 is 0 Å². The SMILES string of the molecule is C[N+](C)(C)CCCl.Clc1ccccc1-c1nnc(-c2ccccc2Cl)nn1.[Cl-]. The van der Waals surface area contributed by atoms with E-state index < -0.39 is 0 Å². The molecule has 0 aliphatic carbocycles. The van der Waals surface area contributed by atoms with Crippen LogP contribution in [0.15, 0.2) is 48.5 Å². The van der Waals surface area contributed by atoms with Gasteiger partial charge in [-0.15, -0.1) is 32.0 Å². The van der Waals surface area contributed by atoms with E-state index in [2.05, 4.69) is 41.5 Å². The topological polar surface area (TPSA) is 51.6 Å². The van der Waals surface area contributed by atoms with Crippen LogP contribution < -0.4 is 12.4 Å². The van der Waals surface area contributed by atoms with Gasteiger partial charge in [0.15, 0.2) is 0 Å². The van der Waals surface area contributed by atoms with Gasteiger partial charge in [0.05, 0.1) is 43.6 Å². The molecule has 1 aromatic heterocycles. The lowest BCUT2D eigenvalue weighted by Crippen LogP contribution is -3.00. The molecule has 0 aliphatic rings. The van der Waals surface area contributed by atoms with Gasteiger partial charge in [-0.3, -0.25) is 0 Å². The molecule has 0 amide bonds. The molecule has 0 bridgehead atoms. The molecule has 2 aromatic carbocycles. The molecule has 0 radical (unpaired) electrons. The number of rotatable bonds is 4. The van der Waals surface area contributed by atoms with Crippen molar-refractivity contribution in [1.82, 2.24) is 20.4 Å². The largest absolute Gasteiger partial charge is 1.00 e.